The molecule has 0 N–H and O–H groups in total. The Balaban J connectivity index is -0.00000000667. The van der Waals surface area contributed by atoms with Crippen LogP contribution in [-0.4, -0.2) is 17.4 Å². The third-order valence-electron chi connectivity index (χ3n) is 0. The monoisotopic (exact) mass is 144 g/mol. The summed E-state index contributed by atoms with van der Waals surface area (Å²) in [6.07, 6.45) is 1.75. The quantitative estimate of drug-likeness (QED) is 0.350. The van der Waals surface area contributed by atoms with Crippen molar-refractivity contribution < 1.29 is 0 Å². The third kappa shape index (κ3) is 99.1. The van der Waals surface area contributed by atoms with E-state index < -0.39 is 0 Å². The van der Waals surface area contributed by atoms with Crippen LogP contribution in [0.3, 0.4) is 0 Å². The molecule has 0 aliphatic carbocycles. The molecule has 0 saturated carbocycles. The summed E-state index contributed by atoms with van der Waals surface area (Å²) in [6, 6.07) is 0. The van der Waals surface area contributed by atoms with Gasteiger partial charge in [0.2, 0.25) is 0 Å². The van der Waals surface area contributed by atoms with E-state index in [0.717, 1.165) is 0 Å². The maximum Gasteiger partial charge on any atom is 0.187 e. The van der Waals surface area contributed by atoms with Gasteiger partial charge >= 0.3 is 0 Å². The average molecular weight is 145 g/mol. The van der Waals surface area contributed by atoms with Crippen LogP contribution < -0.4 is 0 Å². The summed E-state index contributed by atoms with van der Waals surface area (Å²) in [5.74, 6) is 0. The standard InChI is InChI=1S/C3H6.Al.2ClH.3H/c1-3-2;;;;;;/h3H,1H2,2H3;;2*1H;;;. The van der Waals surface area contributed by atoms with E-state index in [1.54, 1.807) is 6.08 Å². The van der Waals surface area contributed by atoms with Gasteiger partial charge in [0.05, 0.1) is 0 Å². The van der Waals surface area contributed by atoms with Gasteiger partial charge in [0.15, 0.2) is 17.4 Å². The summed E-state index contributed by atoms with van der Waals surface area (Å²) in [5, 5.41) is 0. The lowest BCUT2D eigenvalue weighted by Crippen LogP contribution is -1.07. The highest BCUT2D eigenvalue weighted by atomic mass is 35.5. The van der Waals surface area contributed by atoms with Gasteiger partial charge in [-0.05, 0) is 6.92 Å². The first-order valence-corrected chi connectivity index (χ1v) is 0.986. The smallest absolute Gasteiger partial charge is 0.147 e. The molecule has 6 heavy (non-hydrogen) atoms. The van der Waals surface area contributed by atoms with Gasteiger partial charge in [-0.25, -0.2) is 0 Å². The molecule has 0 unspecified atom stereocenters. The Bertz CT molecular complexity index is 16.3. The molecule has 0 bridgehead atoms. The van der Waals surface area contributed by atoms with Gasteiger partial charge in [-0.3, -0.25) is 0 Å². The third-order valence-corrected chi connectivity index (χ3v) is 0. The number of rotatable bonds is 0. The number of halogens is 2. The molecule has 0 radical (unpaired) electrons. The first kappa shape index (κ1) is 28.8. The number of allylic oxidation sites excluding steroid dienone is 1. The van der Waals surface area contributed by atoms with E-state index in [1.807, 2.05) is 6.92 Å². The van der Waals surface area contributed by atoms with Crippen molar-refractivity contribution in [2.75, 3.05) is 0 Å². The molecule has 3 heteroatoms. The van der Waals surface area contributed by atoms with E-state index in [4.69, 9.17) is 0 Å². The minimum absolute atomic E-state index is 0. The topological polar surface area (TPSA) is 0 Å². The maximum atomic E-state index is 3.36. The Morgan fingerprint density at radius 3 is 1.33 bits per heavy atom. The fourth-order valence-electron chi connectivity index (χ4n) is 0. The Labute approximate surface area is 62.0 Å². The van der Waals surface area contributed by atoms with Crippen LogP contribution in [0.2, 0.25) is 0 Å². The predicted molar refractivity (Wildman–Crippen MR) is 40.3 cm³/mol. The molecule has 0 aliphatic rings. The fourth-order valence-corrected chi connectivity index (χ4v) is 0. The van der Waals surface area contributed by atoms with Crippen LogP contribution in [0.5, 0.6) is 0 Å². The molecule has 0 saturated heterocycles. The van der Waals surface area contributed by atoms with Crippen LogP contribution in [0.1, 0.15) is 6.92 Å². The minimum Gasteiger partial charge on any atom is -0.147 e. The summed E-state index contributed by atoms with van der Waals surface area (Å²) < 4.78 is 0. The number of hydrogen-bond donors (Lipinski definition) is 0. The van der Waals surface area contributed by atoms with E-state index in [2.05, 4.69) is 6.58 Å². The van der Waals surface area contributed by atoms with E-state index >= 15 is 0 Å². The lowest BCUT2D eigenvalue weighted by molar-refractivity contribution is 1.80. The molecule has 40 valence electrons. The maximum absolute atomic E-state index is 3.36. The zero-order chi connectivity index (χ0) is 2.71. The Kier molecular flexibility index (Phi) is 193. The summed E-state index contributed by atoms with van der Waals surface area (Å²) in [7, 11) is 0. The van der Waals surface area contributed by atoms with Crippen molar-refractivity contribution in [2.45, 2.75) is 6.92 Å². The largest absolute Gasteiger partial charge is 0.187 e. The van der Waals surface area contributed by atoms with Crippen molar-refractivity contribution >= 4 is 42.2 Å². The molecule has 0 heterocycles. The van der Waals surface area contributed by atoms with Crippen LogP contribution in [0.15, 0.2) is 12.7 Å². The second kappa shape index (κ2) is 40.2. The highest BCUT2D eigenvalue weighted by molar-refractivity contribution is 5.85. The second-order valence-corrected chi connectivity index (χ2v) is 0.408. The van der Waals surface area contributed by atoms with Crippen LogP contribution in [0.25, 0.3) is 0 Å². The lowest BCUT2D eigenvalue weighted by atomic mass is 10.8. The molecule has 0 nitrogen and oxygen atoms in total. The average Bonchev–Trinajstić information content (AvgIpc) is 0.918. The van der Waals surface area contributed by atoms with Crippen LogP contribution in [0, 0.1) is 0 Å². The van der Waals surface area contributed by atoms with Gasteiger partial charge in [-0.1, -0.05) is 6.08 Å². The van der Waals surface area contributed by atoms with E-state index in [9.17, 15) is 0 Å². The van der Waals surface area contributed by atoms with E-state index in [1.165, 1.54) is 0 Å². The second-order valence-electron chi connectivity index (χ2n) is 0.408. The van der Waals surface area contributed by atoms with Crippen LogP contribution in [0.4, 0.5) is 0 Å². The molecular formula is C3H11AlCl2. The first-order chi connectivity index (χ1) is 1.41. The normalized spacial score (nSPS) is 2.17. The Morgan fingerprint density at radius 2 is 1.33 bits per heavy atom. The molecule has 0 aromatic carbocycles. The SMILES string of the molecule is C=CC.Cl.Cl.[AlH3]. The van der Waals surface area contributed by atoms with Crippen molar-refractivity contribution in [3.05, 3.63) is 12.7 Å². The van der Waals surface area contributed by atoms with Gasteiger partial charge < -0.3 is 0 Å². The molecule has 0 aromatic rings. The minimum atomic E-state index is 0. The molecule has 0 rings (SSSR count). The van der Waals surface area contributed by atoms with Gasteiger partial charge in [-0.2, -0.15) is 0 Å². The van der Waals surface area contributed by atoms with Gasteiger partial charge in [0.1, 0.15) is 0 Å². The van der Waals surface area contributed by atoms with Gasteiger partial charge in [-0.15, -0.1) is 31.4 Å². The van der Waals surface area contributed by atoms with E-state index in [0.29, 0.717) is 0 Å². The fraction of sp³-hybridized carbons (Fsp3) is 0.333. The summed E-state index contributed by atoms with van der Waals surface area (Å²) >= 11 is 0. The highest BCUT2D eigenvalue weighted by Gasteiger charge is 1.15. The molecule has 0 fully saturated rings. The Hall–Kier alpha value is 0.852. The molecule has 0 aliphatic heterocycles. The molecule has 0 amide bonds. The van der Waals surface area contributed by atoms with Gasteiger partial charge in [0, 0.05) is 0 Å². The molecule has 0 spiro atoms. The Morgan fingerprint density at radius 1 is 1.33 bits per heavy atom. The predicted octanol–water partition coefficient (Wildman–Crippen LogP) is 0.852. The lowest BCUT2D eigenvalue weighted by Gasteiger charge is -1.31. The highest BCUT2D eigenvalue weighted by Crippen LogP contribution is 1.38. The number of hydrogen-bond acceptors (Lipinski definition) is 0. The zero-order valence-electron chi connectivity index (χ0n) is 3.10. The van der Waals surface area contributed by atoms with Crippen LogP contribution >= 0.6 is 24.8 Å². The van der Waals surface area contributed by atoms with E-state index in [-0.39, 0.29) is 42.2 Å². The van der Waals surface area contributed by atoms with Crippen molar-refractivity contribution in [3.63, 3.8) is 0 Å². The molecule has 0 atom stereocenters. The summed E-state index contributed by atoms with van der Waals surface area (Å²) in [6.45, 7) is 5.25. The van der Waals surface area contributed by atoms with Gasteiger partial charge in [0.25, 0.3) is 0 Å². The molecular weight excluding hydrogens is 134 g/mol. The van der Waals surface area contributed by atoms with Crippen molar-refractivity contribution in [1.82, 2.24) is 0 Å². The first-order valence-electron chi connectivity index (χ1n) is 0.986. The summed E-state index contributed by atoms with van der Waals surface area (Å²) in [4.78, 5) is 0. The van der Waals surface area contributed by atoms with Crippen molar-refractivity contribution in [1.29, 1.82) is 0 Å². The molecule has 0 aromatic heterocycles. The van der Waals surface area contributed by atoms with Crippen molar-refractivity contribution in [3.8, 4) is 0 Å². The van der Waals surface area contributed by atoms with Crippen LogP contribution in [-0.2, 0) is 0 Å². The van der Waals surface area contributed by atoms with Crippen molar-refractivity contribution in [2.24, 2.45) is 0 Å². The summed E-state index contributed by atoms with van der Waals surface area (Å²) in [5.41, 5.74) is 0. The zero-order valence-corrected chi connectivity index (χ0v) is 4.73.